The van der Waals surface area contributed by atoms with Gasteiger partial charge in [-0.1, -0.05) is 49.4 Å². The van der Waals surface area contributed by atoms with E-state index in [1.54, 1.807) is 0 Å². The number of hydrogen-bond acceptors (Lipinski definition) is 1. The number of carbonyl (C=O) groups excluding carboxylic acids is 1. The van der Waals surface area contributed by atoms with Crippen LogP contribution in [0.1, 0.15) is 30.9 Å². The maximum atomic E-state index is 11.1. The molecule has 0 aliphatic rings. The van der Waals surface area contributed by atoms with Gasteiger partial charge in [-0.05, 0) is 23.3 Å². The van der Waals surface area contributed by atoms with Crippen LogP contribution in [-0.2, 0) is 4.79 Å². The summed E-state index contributed by atoms with van der Waals surface area (Å²) in [5, 5.41) is 2.81. The van der Waals surface area contributed by atoms with E-state index in [1.165, 1.54) is 18.1 Å². The highest BCUT2D eigenvalue weighted by Crippen LogP contribution is 2.25. The normalized spacial score (nSPS) is 11.9. The van der Waals surface area contributed by atoms with Crippen molar-refractivity contribution in [3.05, 3.63) is 65.7 Å². The molecule has 1 atom stereocenters. The van der Waals surface area contributed by atoms with Gasteiger partial charge in [-0.2, -0.15) is 0 Å². The average molecular weight is 239 g/mol. The van der Waals surface area contributed by atoms with Crippen LogP contribution in [0.3, 0.4) is 0 Å². The third-order valence-electron chi connectivity index (χ3n) is 3.01. The van der Waals surface area contributed by atoms with Gasteiger partial charge in [0.2, 0.25) is 5.91 Å². The Morgan fingerprint density at radius 3 is 2.33 bits per heavy atom. The molecular formula is C16H17NO. The molecule has 0 aromatic heterocycles. The van der Waals surface area contributed by atoms with Crippen molar-refractivity contribution in [2.24, 2.45) is 0 Å². The van der Waals surface area contributed by atoms with Crippen molar-refractivity contribution in [2.75, 3.05) is 5.32 Å². The van der Waals surface area contributed by atoms with E-state index >= 15 is 0 Å². The van der Waals surface area contributed by atoms with Crippen molar-refractivity contribution in [1.29, 1.82) is 0 Å². The highest BCUT2D eigenvalue weighted by Gasteiger charge is 2.08. The molecule has 92 valence electrons. The fourth-order valence-electron chi connectivity index (χ4n) is 2.02. The first-order valence-electron chi connectivity index (χ1n) is 6.09. The van der Waals surface area contributed by atoms with Gasteiger partial charge in [0.05, 0.1) is 0 Å². The Kier molecular flexibility index (Phi) is 3.78. The molecule has 1 amide bonds. The largest absolute Gasteiger partial charge is 0.326 e. The molecule has 0 radical (unpaired) electrons. The Hall–Kier alpha value is -2.09. The lowest BCUT2D eigenvalue weighted by Gasteiger charge is -2.13. The number of carbonyl (C=O) groups is 1. The molecule has 0 aliphatic heterocycles. The van der Waals surface area contributed by atoms with Gasteiger partial charge in [0.1, 0.15) is 0 Å². The highest BCUT2D eigenvalue weighted by atomic mass is 16.1. The van der Waals surface area contributed by atoms with Crippen LogP contribution in [0.15, 0.2) is 54.6 Å². The van der Waals surface area contributed by atoms with Crippen LogP contribution in [0.5, 0.6) is 0 Å². The molecule has 1 N–H and O–H groups in total. The number of anilines is 1. The summed E-state index contributed by atoms with van der Waals surface area (Å²) >= 11 is 0. The second-order valence-corrected chi connectivity index (χ2v) is 4.44. The lowest BCUT2D eigenvalue weighted by molar-refractivity contribution is -0.114. The summed E-state index contributed by atoms with van der Waals surface area (Å²) < 4.78 is 0. The topological polar surface area (TPSA) is 29.1 Å². The fraction of sp³-hybridized carbons (Fsp3) is 0.188. The monoisotopic (exact) mass is 239 g/mol. The first-order chi connectivity index (χ1) is 8.66. The van der Waals surface area contributed by atoms with Crippen LogP contribution in [0.4, 0.5) is 5.69 Å². The molecule has 2 nitrogen and oxygen atoms in total. The molecular weight excluding hydrogens is 222 g/mol. The van der Waals surface area contributed by atoms with E-state index in [9.17, 15) is 4.79 Å². The minimum atomic E-state index is -0.0421. The Balaban J connectivity index is 2.25. The predicted octanol–water partition coefficient (Wildman–Crippen LogP) is 3.80. The Bertz CT molecular complexity index is 534. The maximum Gasteiger partial charge on any atom is 0.221 e. The summed E-state index contributed by atoms with van der Waals surface area (Å²) in [5.41, 5.74) is 3.33. The zero-order valence-corrected chi connectivity index (χ0v) is 10.7. The van der Waals surface area contributed by atoms with E-state index in [0.717, 1.165) is 5.69 Å². The quantitative estimate of drug-likeness (QED) is 0.867. The lowest BCUT2D eigenvalue weighted by atomic mass is 9.93. The van der Waals surface area contributed by atoms with Crippen LogP contribution >= 0.6 is 0 Å². The number of rotatable bonds is 3. The van der Waals surface area contributed by atoms with Crippen molar-refractivity contribution >= 4 is 11.6 Å². The summed E-state index contributed by atoms with van der Waals surface area (Å²) in [6.45, 7) is 3.69. The highest BCUT2D eigenvalue weighted by molar-refractivity contribution is 5.88. The summed E-state index contributed by atoms with van der Waals surface area (Å²) in [4.78, 5) is 11.1. The standard InChI is InChI=1S/C16H17NO/c1-12(14-7-4-3-5-8-14)15-9-6-10-16(11-15)17-13(2)18/h3-12H,1-2H3,(H,17,18). The van der Waals surface area contributed by atoms with Crippen molar-refractivity contribution in [2.45, 2.75) is 19.8 Å². The first-order valence-corrected chi connectivity index (χ1v) is 6.09. The summed E-state index contributed by atoms with van der Waals surface area (Å²) in [6.07, 6.45) is 0. The minimum absolute atomic E-state index is 0.0421. The molecule has 0 fully saturated rings. The number of nitrogens with one attached hydrogen (secondary N) is 1. The molecule has 2 aromatic rings. The zero-order chi connectivity index (χ0) is 13.0. The van der Waals surface area contributed by atoms with Gasteiger partial charge < -0.3 is 5.32 Å². The number of amides is 1. The van der Waals surface area contributed by atoms with Gasteiger partial charge in [0.15, 0.2) is 0 Å². The first kappa shape index (κ1) is 12.4. The second kappa shape index (κ2) is 5.50. The second-order valence-electron chi connectivity index (χ2n) is 4.44. The molecule has 0 saturated carbocycles. The van der Waals surface area contributed by atoms with Gasteiger partial charge in [0, 0.05) is 18.5 Å². The SMILES string of the molecule is CC(=O)Nc1cccc(C(C)c2ccccc2)c1. The minimum Gasteiger partial charge on any atom is -0.326 e. The number of hydrogen-bond donors (Lipinski definition) is 1. The molecule has 0 spiro atoms. The maximum absolute atomic E-state index is 11.1. The van der Waals surface area contributed by atoms with E-state index in [-0.39, 0.29) is 5.91 Å². The van der Waals surface area contributed by atoms with Crippen molar-refractivity contribution in [3.63, 3.8) is 0 Å². The van der Waals surface area contributed by atoms with Crippen molar-refractivity contribution in [3.8, 4) is 0 Å². The molecule has 0 saturated heterocycles. The molecule has 0 aliphatic carbocycles. The summed E-state index contributed by atoms with van der Waals surface area (Å²) in [6, 6.07) is 18.3. The summed E-state index contributed by atoms with van der Waals surface area (Å²) in [7, 11) is 0. The molecule has 2 aromatic carbocycles. The lowest BCUT2D eigenvalue weighted by Crippen LogP contribution is -2.06. The average Bonchev–Trinajstić information content (AvgIpc) is 2.38. The third kappa shape index (κ3) is 2.98. The van der Waals surface area contributed by atoms with E-state index in [0.29, 0.717) is 5.92 Å². The van der Waals surface area contributed by atoms with E-state index in [2.05, 4.69) is 30.4 Å². The fourth-order valence-corrected chi connectivity index (χ4v) is 2.02. The molecule has 0 bridgehead atoms. The summed E-state index contributed by atoms with van der Waals surface area (Å²) in [5.74, 6) is 0.277. The Morgan fingerprint density at radius 2 is 1.67 bits per heavy atom. The van der Waals surface area contributed by atoms with Crippen LogP contribution in [-0.4, -0.2) is 5.91 Å². The van der Waals surface area contributed by atoms with E-state index in [1.807, 2.05) is 36.4 Å². The van der Waals surface area contributed by atoms with Gasteiger partial charge in [-0.25, -0.2) is 0 Å². The Morgan fingerprint density at radius 1 is 1.00 bits per heavy atom. The van der Waals surface area contributed by atoms with Crippen LogP contribution in [0, 0.1) is 0 Å². The van der Waals surface area contributed by atoms with Crippen LogP contribution in [0.2, 0.25) is 0 Å². The number of benzene rings is 2. The Labute approximate surface area is 108 Å². The molecule has 2 heteroatoms. The predicted molar refractivity (Wildman–Crippen MR) is 74.7 cm³/mol. The van der Waals surface area contributed by atoms with Crippen molar-refractivity contribution < 1.29 is 4.79 Å². The molecule has 18 heavy (non-hydrogen) atoms. The molecule has 0 heterocycles. The smallest absolute Gasteiger partial charge is 0.221 e. The van der Waals surface area contributed by atoms with Crippen molar-refractivity contribution in [1.82, 2.24) is 0 Å². The van der Waals surface area contributed by atoms with Crippen LogP contribution < -0.4 is 5.32 Å². The van der Waals surface area contributed by atoms with Gasteiger partial charge in [0.25, 0.3) is 0 Å². The zero-order valence-electron chi connectivity index (χ0n) is 10.7. The molecule has 1 unspecified atom stereocenters. The van der Waals surface area contributed by atoms with Gasteiger partial charge in [-0.3, -0.25) is 4.79 Å². The van der Waals surface area contributed by atoms with Gasteiger partial charge >= 0.3 is 0 Å². The third-order valence-corrected chi connectivity index (χ3v) is 3.01. The van der Waals surface area contributed by atoms with Crippen LogP contribution in [0.25, 0.3) is 0 Å². The van der Waals surface area contributed by atoms with E-state index < -0.39 is 0 Å². The molecule has 2 rings (SSSR count). The van der Waals surface area contributed by atoms with Gasteiger partial charge in [-0.15, -0.1) is 0 Å². The van der Waals surface area contributed by atoms with E-state index in [4.69, 9.17) is 0 Å².